The Hall–Kier alpha value is -2.86. The number of aryl methyl sites for hydroxylation is 1. The molecule has 0 bridgehead atoms. The highest BCUT2D eigenvalue weighted by Crippen LogP contribution is 2.34. The molecule has 6 heteroatoms. The van der Waals surface area contributed by atoms with Crippen LogP contribution in [0.4, 0.5) is 4.39 Å². The number of ether oxygens (including phenoxy) is 2. The molecule has 1 aliphatic heterocycles. The van der Waals surface area contributed by atoms with E-state index in [0.717, 1.165) is 59.9 Å². The fourth-order valence-corrected chi connectivity index (χ4v) is 3.43. The summed E-state index contributed by atoms with van der Waals surface area (Å²) in [6.07, 6.45) is 1.92. The second-order valence-electron chi connectivity index (χ2n) is 7.07. The largest absolute Gasteiger partial charge is 0.486 e. The lowest BCUT2D eigenvalue weighted by molar-refractivity contribution is 0.167. The molecular weight excluding hydrogens is 357 g/mol. The van der Waals surface area contributed by atoms with Gasteiger partial charge in [0.2, 0.25) is 0 Å². The van der Waals surface area contributed by atoms with Crippen LogP contribution in [0.5, 0.6) is 11.5 Å². The van der Waals surface area contributed by atoms with Crippen LogP contribution in [-0.4, -0.2) is 41.9 Å². The lowest BCUT2D eigenvalue weighted by Crippen LogP contribution is -2.22. The Morgan fingerprint density at radius 1 is 1.11 bits per heavy atom. The van der Waals surface area contributed by atoms with Gasteiger partial charge in [-0.3, -0.25) is 5.10 Å². The zero-order valence-electron chi connectivity index (χ0n) is 16.0. The first-order valence-electron chi connectivity index (χ1n) is 9.55. The zero-order chi connectivity index (χ0) is 19.3. The topological polar surface area (TPSA) is 50.4 Å². The molecule has 0 radical (unpaired) electrons. The standard InChI is InChI=1S/C22H24FN3O2/c1-26(15-17-4-2-6-21-22(17)28-13-12-27-21)11-3-5-19-14-20(25-24-19)16-7-9-18(23)10-8-16/h2,4,6-10,14H,3,5,11-13,15H2,1H3,(H,24,25). The molecule has 0 saturated heterocycles. The highest BCUT2D eigenvalue weighted by molar-refractivity contribution is 5.59. The summed E-state index contributed by atoms with van der Waals surface area (Å²) in [5.41, 5.74) is 4.00. The first-order valence-corrected chi connectivity index (χ1v) is 9.55. The maximum absolute atomic E-state index is 13.1. The number of aromatic amines is 1. The third-order valence-corrected chi connectivity index (χ3v) is 4.84. The molecule has 4 rings (SSSR count). The summed E-state index contributed by atoms with van der Waals surface area (Å²) in [6.45, 7) is 2.98. The molecule has 146 valence electrons. The van der Waals surface area contributed by atoms with Gasteiger partial charge >= 0.3 is 0 Å². The Balaban J connectivity index is 1.29. The van der Waals surface area contributed by atoms with E-state index in [4.69, 9.17) is 9.47 Å². The summed E-state index contributed by atoms with van der Waals surface area (Å²) in [4.78, 5) is 2.28. The minimum absolute atomic E-state index is 0.237. The Bertz CT molecular complexity index is 924. The molecule has 0 unspecified atom stereocenters. The van der Waals surface area contributed by atoms with E-state index in [0.29, 0.717) is 13.2 Å². The molecule has 1 N–H and O–H groups in total. The van der Waals surface area contributed by atoms with Crippen molar-refractivity contribution < 1.29 is 13.9 Å². The minimum atomic E-state index is -0.237. The quantitative estimate of drug-likeness (QED) is 0.671. The van der Waals surface area contributed by atoms with Crippen LogP contribution in [0.2, 0.25) is 0 Å². The molecule has 28 heavy (non-hydrogen) atoms. The average molecular weight is 381 g/mol. The second kappa shape index (κ2) is 8.44. The first-order chi connectivity index (χ1) is 13.7. The molecule has 0 spiro atoms. The Labute approximate surface area is 164 Å². The van der Waals surface area contributed by atoms with Crippen LogP contribution in [0.15, 0.2) is 48.5 Å². The van der Waals surface area contributed by atoms with Gasteiger partial charge in [-0.25, -0.2) is 4.39 Å². The number of halogens is 1. The molecule has 0 saturated carbocycles. The fraction of sp³-hybridized carbons (Fsp3) is 0.318. The van der Waals surface area contributed by atoms with E-state index in [1.54, 1.807) is 12.1 Å². The molecule has 1 aromatic heterocycles. The number of nitrogens with zero attached hydrogens (tertiary/aromatic N) is 2. The Morgan fingerprint density at radius 2 is 1.93 bits per heavy atom. The zero-order valence-corrected chi connectivity index (χ0v) is 16.0. The summed E-state index contributed by atoms with van der Waals surface area (Å²) < 4.78 is 24.5. The van der Waals surface area contributed by atoms with Crippen molar-refractivity contribution >= 4 is 0 Å². The average Bonchev–Trinajstić information content (AvgIpc) is 3.18. The van der Waals surface area contributed by atoms with Gasteiger partial charge in [-0.1, -0.05) is 12.1 Å². The first kappa shape index (κ1) is 18.5. The van der Waals surface area contributed by atoms with Gasteiger partial charge in [-0.15, -0.1) is 0 Å². The van der Waals surface area contributed by atoms with Crippen molar-refractivity contribution in [3.05, 3.63) is 65.6 Å². The maximum Gasteiger partial charge on any atom is 0.165 e. The predicted molar refractivity (Wildman–Crippen MR) is 106 cm³/mol. The van der Waals surface area contributed by atoms with E-state index in [2.05, 4.69) is 28.2 Å². The molecule has 1 aliphatic rings. The predicted octanol–water partition coefficient (Wildman–Crippen LogP) is 4.05. The molecule has 5 nitrogen and oxygen atoms in total. The minimum Gasteiger partial charge on any atom is -0.486 e. The summed E-state index contributed by atoms with van der Waals surface area (Å²) >= 11 is 0. The van der Waals surface area contributed by atoms with Gasteiger partial charge in [0.15, 0.2) is 11.5 Å². The summed E-state index contributed by atoms with van der Waals surface area (Å²) in [5.74, 6) is 1.47. The molecule has 0 amide bonds. The Morgan fingerprint density at radius 3 is 2.79 bits per heavy atom. The second-order valence-corrected chi connectivity index (χ2v) is 7.07. The number of nitrogens with one attached hydrogen (secondary N) is 1. The lowest BCUT2D eigenvalue weighted by atomic mass is 10.1. The highest BCUT2D eigenvalue weighted by Gasteiger charge is 2.16. The molecule has 2 aromatic carbocycles. The van der Waals surface area contributed by atoms with E-state index in [-0.39, 0.29) is 5.82 Å². The number of fused-ring (bicyclic) bond motifs is 1. The summed E-state index contributed by atoms with van der Waals surface area (Å²) in [6, 6.07) is 14.5. The van der Waals surface area contributed by atoms with Crippen molar-refractivity contribution in [2.24, 2.45) is 0 Å². The number of aromatic nitrogens is 2. The SMILES string of the molecule is CN(CCCc1cc(-c2ccc(F)cc2)n[nH]1)Cc1cccc2c1OCCO2. The maximum atomic E-state index is 13.1. The van der Waals surface area contributed by atoms with E-state index < -0.39 is 0 Å². The molecule has 2 heterocycles. The number of benzene rings is 2. The molecule has 0 atom stereocenters. The van der Waals surface area contributed by atoms with Gasteiger partial charge in [0.25, 0.3) is 0 Å². The van der Waals surface area contributed by atoms with Gasteiger partial charge in [-0.2, -0.15) is 5.10 Å². The van der Waals surface area contributed by atoms with Crippen LogP contribution in [0.25, 0.3) is 11.3 Å². The number of hydrogen-bond acceptors (Lipinski definition) is 4. The normalized spacial score (nSPS) is 13.1. The third-order valence-electron chi connectivity index (χ3n) is 4.84. The highest BCUT2D eigenvalue weighted by atomic mass is 19.1. The van der Waals surface area contributed by atoms with Crippen LogP contribution >= 0.6 is 0 Å². The molecule has 3 aromatic rings. The number of H-pyrrole nitrogens is 1. The van der Waals surface area contributed by atoms with Crippen LogP contribution in [-0.2, 0) is 13.0 Å². The van der Waals surface area contributed by atoms with Crippen molar-refractivity contribution in [3.63, 3.8) is 0 Å². The van der Waals surface area contributed by atoms with Crippen LogP contribution in [0, 0.1) is 5.82 Å². The van der Waals surface area contributed by atoms with Gasteiger partial charge in [-0.05, 0) is 62.8 Å². The van der Waals surface area contributed by atoms with Crippen LogP contribution in [0.1, 0.15) is 17.7 Å². The van der Waals surface area contributed by atoms with Gasteiger partial charge in [0.05, 0.1) is 5.69 Å². The van der Waals surface area contributed by atoms with Crippen molar-refractivity contribution in [2.75, 3.05) is 26.8 Å². The smallest absolute Gasteiger partial charge is 0.165 e. The third kappa shape index (κ3) is 4.34. The monoisotopic (exact) mass is 381 g/mol. The van der Waals surface area contributed by atoms with Gasteiger partial charge in [0.1, 0.15) is 19.0 Å². The van der Waals surface area contributed by atoms with E-state index in [9.17, 15) is 4.39 Å². The van der Waals surface area contributed by atoms with Gasteiger partial charge < -0.3 is 14.4 Å². The number of hydrogen-bond donors (Lipinski definition) is 1. The van der Waals surface area contributed by atoms with E-state index in [1.165, 1.54) is 12.1 Å². The van der Waals surface area contributed by atoms with Crippen molar-refractivity contribution in [3.8, 4) is 22.8 Å². The summed E-state index contributed by atoms with van der Waals surface area (Å²) in [7, 11) is 2.11. The van der Waals surface area contributed by atoms with Crippen LogP contribution in [0.3, 0.4) is 0 Å². The molecule has 0 aliphatic carbocycles. The van der Waals surface area contributed by atoms with Crippen molar-refractivity contribution in [2.45, 2.75) is 19.4 Å². The van der Waals surface area contributed by atoms with Crippen LogP contribution < -0.4 is 9.47 Å². The number of para-hydroxylation sites is 1. The molecule has 0 fully saturated rings. The van der Waals surface area contributed by atoms with Gasteiger partial charge in [0, 0.05) is 23.4 Å². The number of rotatable bonds is 7. The fourth-order valence-electron chi connectivity index (χ4n) is 3.43. The van der Waals surface area contributed by atoms with E-state index in [1.807, 2.05) is 18.2 Å². The lowest BCUT2D eigenvalue weighted by Gasteiger charge is -2.23. The summed E-state index contributed by atoms with van der Waals surface area (Å²) in [5, 5.41) is 7.42. The van der Waals surface area contributed by atoms with E-state index >= 15 is 0 Å². The Kier molecular flexibility index (Phi) is 5.58. The van der Waals surface area contributed by atoms with Crippen molar-refractivity contribution in [1.82, 2.24) is 15.1 Å². The molecular formula is C22H24FN3O2. The van der Waals surface area contributed by atoms with Crippen molar-refractivity contribution in [1.29, 1.82) is 0 Å².